The van der Waals surface area contributed by atoms with Gasteiger partial charge in [0.15, 0.2) is 0 Å². The quantitative estimate of drug-likeness (QED) is 0.683. The zero-order valence-corrected chi connectivity index (χ0v) is 12.7. The average Bonchev–Trinajstić information content (AvgIpc) is 2.89. The van der Waals surface area contributed by atoms with Gasteiger partial charge in [0, 0.05) is 27.2 Å². The molecule has 0 bridgehead atoms. The zero-order valence-electron chi connectivity index (χ0n) is 12.0. The monoisotopic (exact) mass is 328 g/mol. The molecule has 0 radical (unpaired) electrons. The van der Waals surface area contributed by atoms with E-state index in [0.29, 0.717) is 21.8 Å². The molecule has 3 N–H and O–H groups in total. The Kier molecular flexibility index (Phi) is 4.04. The van der Waals surface area contributed by atoms with Crippen molar-refractivity contribution in [3.8, 4) is 0 Å². The van der Waals surface area contributed by atoms with Crippen LogP contribution in [0.2, 0.25) is 5.02 Å². The number of amides is 1. The maximum atomic E-state index is 12.2. The SMILES string of the molecule is O=C(Cc1c(C(=O)O)[nH]c2ccccc12)Nc1ccc(Cl)cc1. The molecule has 0 aliphatic heterocycles. The van der Waals surface area contributed by atoms with Crippen LogP contribution in [0, 0.1) is 0 Å². The van der Waals surface area contributed by atoms with E-state index in [2.05, 4.69) is 10.3 Å². The van der Waals surface area contributed by atoms with E-state index in [0.717, 1.165) is 5.39 Å². The predicted molar refractivity (Wildman–Crippen MR) is 89.0 cm³/mol. The standard InChI is InChI=1S/C17H13ClN2O3/c18-10-5-7-11(8-6-10)19-15(21)9-13-12-3-1-2-4-14(12)20-16(13)17(22)23/h1-8,20H,9H2,(H,19,21)(H,22,23). The normalized spacial score (nSPS) is 10.7. The summed E-state index contributed by atoms with van der Waals surface area (Å²) >= 11 is 5.80. The molecule has 3 aromatic rings. The second kappa shape index (κ2) is 6.14. The van der Waals surface area contributed by atoms with E-state index < -0.39 is 5.97 Å². The number of carbonyl (C=O) groups excluding carboxylic acids is 1. The second-order valence-electron chi connectivity index (χ2n) is 5.06. The third-order valence-electron chi connectivity index (χ3n) is 3.49. The molecule has 3 rings (SSSR count). The van der Waals surface area contributed by atoms with E-state index in [-0.39, 0.29) is 18.0 Å². The summed E-state index contributed by atoms with van der Waals surface area (Å²) in [5, 5.41) is 13.4. The number of H-pyrrole nitrogens is 1. The molecule has 6 heteroatoms. The minimum atomic E-state index is -1.09. The summed E-state index contributed by atoms with van der Waals surface area (Å²) in [4.78, 5) is 26.5. The number of carboxylic acids is 1. The maximum Gasteiger partial charge on any atom is 0.352 e. The van der Waals surface area contributed by atoms with Crippen molar-refractivity contribution in [2.24, 2.45) is 0 Å². The number of carboxylic acid groups (broad SMARTS) is 1. The Balaban J connectivity index is 1.88. The number of fused-ring (bicyclic) bond motifs is 1. The second-order valence-corrected chi connectivity index (χ2v) is 5.50. The van der Waals surface area contributed by atoms with Crippen molar-refractivity contribution in [1.29, 1.82) is 0 Å². The van der Waals surface area contributed by atoms with Crippen LogP contribution in [0.1, 0.15) is 16.1 Å². The van der Waals surface area contributed by atoms with Crippen LogP contribution in [0.3, 0.4) is 0 Å². The van der Waals surface area contributed by atoms with Crippen molar-refractivity contribution in [3.05, 3.63) is 64.8 Å². The number of aromatic carboxylic acids is 1. The van der Waals surface area contributed by atoms with Crippen LogP contribution >= 0.6 is 11.6 Å². The van der Waals surface area contributed by atoms with E-state index in [1.807, 2.05) is 12.1 Å². The van der Waals surface area contributed by atoms with Crippen LogP contribution in [0.5, 0.6) is 0 Å². The number of anilines is 1. The molecular formula is C17H13ClN2O3. The number of aromatic nitrogens is 1. The van der Waals surface area contributed by atoms with Crippen molar-refractivity contribution >= 4 is 40.1 Å². The van der Waals surface area contributed by atoms with Gasteiger partial charge in [0.25, 0.3) is 0 Å². The zero-order chi connectivity index (χ0) is 16.4. The summed E-state index contributed by atoms with van der Waals surface area (Å²) in [5.41, 5.74) is 1.81. The number of nitrogens with one attached hydrogen (secondary N) is 2. The van der Waals surface area contributed by atoms with Gasteiger partial charge in [-0.05, 0) is 30.3 Å². The first-order valence-electron chi connectivity index (χ1n) is 6.93. The number of rotatable bonds is 4. The molecule has 1 amide bonds. The van der Waals surface area contributed by atoms with Gasteiger partial charge in [-0.25, -0.2) is 4.79 Å². The van der Waals surface area contributed by atoms with E-state index in [1.54, 1.807) is 36.4 Å². The summed E-state index contributed by atoms with van der Waals surface area (Å²) in [7, 11) is 0. The summed E-state index contributed by atoms with van der Waals surface area (Å²) in [6.07, 6.45) is -0.0335. The van der Waals surface area contributed by atoms with Gasteiger partial charge >= 0.3 is 5.97 Å². The van der Waals surface area contributed by atoms with Crippen molar-refractivity contribution in [1.82, 2.24) is 4.98 Å². The van der Waals surface area contributed by atoms with Crippen LogP contribution in [0.25, 0.3) is 10.9 Å². The third-order valence-corrected chi connectivity index (χ3v) is 3.74. The summed E-state index contributed by atoms with van der Waals surface area (Å²) in [6, 6.07) is 13.9. The molecule has 2 aromatic carbocycles. The van der Waals surface area contributed by atoms with Crippen LogP contribution < -0.4 is 5.32 Å². The van der Waals surface area contributed by atoms with Gasteiger partial charge in [-0.15, -0.1) is 0 Å². The first-order chi connectivity index (χ1) is 11.0. The van der Waals surface area contributed by atoms with Gasteiger partial charge in [0.2, 0.25) is 5.91 Å². The first-order valence-corrected chi connectivity index (χ1v) is 7.30. The molecule has 116 valence electrons. The highest BCUT2D eigenvalue weighted by Crippen LogP contribution is 2.23. The fourth-order valence-electron chi connectivity index (χ4n) is 2.47. The predicted octanol–water partition coefficient (Wildman–Crippen LogP) is 3.70. The van der Waals surface area contributed by atoms with Crippen LogP contribution in [-0.4, -0.2) is 22.0 Å². The van der Waals surface area contributed by atoms with Gasteiger partial charge in [-0.2, -0.15) is 0 Å². The highest BCUT2D eigenvalue weighted by atomic mass is 35.5. The van der Waals surface area contributed by atoms with Crippen molar-refractivity contribution < 1.29 is 14.7 Å². The molecule has 0 aliphatic carbocycles. The molecular weight excluding hydrogens is 316 g/mol. The van der Waals surface area contributed by atoms with Gasteiger partial charge in [0.05, 0.1) is 6.42 Å². The van der Waals surface area contributed by atoms with Gasteiger partial charge in [0.1, 0.15) is 5.69 Å². The molecule has 0 saturated heterocycles. The van der Waals surface area contributed by atoms with Gasteiger partial charge in [-0.1, -0.05) is 29.8 Å². The van der Waals surface area contributed by atoms with Crippen LogP contribution in [0.15, 0.2) is 48.5 Å². The number of aromatic amines is 1. The van der Waals surface area contributed by atoms with Crippen molar-refractivity contribution in [3.63, 3.8) is 0 Å². The molecule has 23 heavy (non-hydrogen) atoms. The number of benzene rings is 2. The Hall–Kier alpha value is -2.79. The topological polar surface area (TPSA) is 82.2 Å². The Labute approximate surface area is 136 Å². The molecule has 0 atom stereocenters. The summed E-state index contributed by atoms with van der Waals surface area (Å²) < 4.78 is 0. The van der Waals surface area contributed by atoms with Crippen LogP contribution in [0.4, 0.5) is 5.69 Å². The lowest BCUT2D eigenvalue weighted by Gasteiger charge is -2.06. The van der Waals surface area contributed by atoms with Gasteiger partial charge in [-0.3, -0.25) is 4.79 Å². The lowest BCUT2D eigenvalue weighted by molar-refractivity contribution is -0.115. The highest BCUT2D eigenvalue weighted by molar-refractivity contribution is 6.30. The molecule has 5 nitrogen and oxygen atoms in total. The largest absolute Gasteiger partial charge is 0.477 e. The molecule has 0 aliphatic rings. The molecule has 1 aromatic heterocycles. The average molecular weight is 329 g/mol. The lowest BCUT2D eigenvalue weighted by atomic mass is 10.1. The fourth-order valence-corrected chi connectivity index (χ4v) is 2.59. The van der Waals surface area contributed by atoms with E-state index in [1.165, 1.54) is 0 Å². The number of hydrogen-bond donors (Lipinski definition) is 3. The van der Waals surface area contributed by atoms with E-state index in [9.17, 15) is 14.7 Å². The molecule has 0 saturated carbocycles. The summed E-state index contributed by atoms with van der Waals surface area (Å²) in [5.74, 6) is -1.38. The minimum absolute atomic E-state index is 0.0335. The Morgan fingerprint density at radius 3 is 2.48 bits per heavy atom. The highest BCUT2D eigenvalue weighted by Gasteiger charge is 2.19. The molecule has 1 heterocycles. The Bertz CT molecular complexity index is 884. The Morgan fingerprint density at radius 1 is 1.09 bits per heavy atom. The number of para-hydroxylation sites is 1. The minimum Gasteiger partial charge on any atom is -0.477 e. The number of carbonyl (C=O) groups is 2. The first kappa shape index (κ1) is 15.1. The number of hydrogen-bond acceptors (Lipinski definition) is 2. The van der Waals surface area contributed by atoms with E-state index in [4.69, 9.17) is 11.6 Å². The molecule has 0 spiro atoms. The third kappa shape index (κ3) is 3.19. The van der Waals surface area contributed by atoms with Crippen LogP contribution in [-0.2, 0) is 11.2 Å². The van der Waals surface area contributed by atoms with Crippen molar-refractivity contribution in [2.75, 3.05) is 5.32 Å². The lowest BCUT2D eigenvalue weighted by Crippen LogP contribution is -2.16. The molecule has 0 fully saturated rings. The van der Waals surface area contributed by atoms with Gasteiger partial charge < -0.3 is 15.4 Å². The molecule has 0 unspecified atom stereocenters. The summed E-state index contributed by atoms with van der Waals surface area (Å²) in [6.45, 7) is 0. The number of halogens is 1. The van der Waals surface area contributed by atoms with Crippen molar-refractivity contribution in [2.45, 2.75) is 6.42 Å². The van der Waals surface area contributed by atoms with E-state index >= 15 is 0 Å². The smallest absolute Gasteiger partial charge is 0.352 e. The Morgan fingerprint density at radius 2 is 1.78 bits per heavy atom. The maximum absolute atomic E-state index is 12.2. The fraction of sp³-hybridized carbons (Fsp3) is 0.0588.